The van der Waals surface area contributed by atoms with Crippen LogP contribution in [-0.2, 0) is 22.4 Å². The molecule has 1 amide bonds. The summed E-state index contributed by atoms with van der Waals surface area (Å²) < 4.78 is 76.8. The van der Waals surface area contributed by atoms with Crippen molar-refractivity contribution in [2.75, 3.05) is 17.5 Å². The number of benzene rings is 2. The van der Waals surface area contributed by atoms with E-state index in [1.165, 1.54) is 68.0 Å². The molecule has 43 heavy (non-hydrogen) atoms. The highest BCUT2D eigenvalue weighted by molar-refractivity contribution is 7.92. The minimum atomic E-state index is -3.76. The molecule has 13 heteroatoms. The van der Waals surface area contributed by atoms with Gasteiger partial charge in [0.15, 0.2) is 0 Å². The van der Waals surface area contributed by atoms with E-state index in [0.717, 1.165) is 0 Å². The molecule has 222 valence electrons. The van der Waals surface area contributed by atoms with Crippen LogP contribution in [0.4, 0.5) is 18.9 Å². The first-order valence-electron chi connectivity index (χ1n) is 13.4. The van der Waals surface area contributed by atoms with Crippen molar-refractivity contribution in [1.82, 2.24) is 15.3 Å². The van der Waals surface area contributed by atoms with Gasteiger partial charge >= 0.3 is 0 Å². The van der Waals surface area contributed by atoms with E-state index in [4.69, 9.17) is 4.42 Å². The lowest BCUT2D eigenvalue weighted by Crippen LogP contribution is -2.20. The van der Waals surface area contributed by atoms with Crippen molar-refractivity contribution < 1.29 is 30.8 Å². The standard InChI is InChI=1S/C30H25F3N4O4S2/c1-3-43(39,40)37-22-13-23-21(25(28(38)34-2)26(41-23)16-6-8-19(31)9-7-16)12-20(22)17-11-18(15-35-14-17)29-36-27-24(42-29)5-4-10-30(27,32)33/h6-9,11-15,37H,3-5,10H2,1-2H3,(H,34,38). The number of amides is 1. The van der Waals surface area contributed by atoms with E-state index >= 15 is 0 Å². The predicted molar refractivity (Wildman–Crippen MR) is 159 cm³/mol. The van der Waals surface area contributed by atoms with Gasteiger partial charge in [-0.15, -0.1) is 11.3 Å². The van der Waals surface area contributed by atoms with Crippen molar-refractivity contribution in [2.24, 2.45) is 0 Å². The number of hydrogen-bond donors (Lipinski definition) is 2. The molecule has 2 N–H and O–H groups in total. The molecule has 6 rings (SSSR count). The molecular formula is C30H25F3N4O4S2. The number of nitrogens with zero attached hydrogens (tertiary/aromatic N) is 2. The van der Waals surface area contributed by atoms with Crippen LogP contribution in [0.2, 0.25) is 0 Å². The molecule has 0 aliphatic heterocycles. The third kappa shape index (κ3) is 5.38. The summed E-state index contributed by atoms with van der Waals surface area (Å²) in [6.07, 6.45) is 3.67. The van der Waals surface area contributed by atoms with Crippen LogP contribution in [-0.4, -0.2) is 37.1 Å². The lowest BCUT2D eigenvalue weighted by Gasteiger charge is -2.19. The summed E-state index contributed by atoms with van der Waals surface area (Å²) in [5.41, 5.74) is 2.13. The second kappa shape index (κ2) is 10.8. The molecule has 0 bridgehead atoms. The second-order valence-electron chi connectivity index (χ2n) is 10.1. The van der Waals surface area contributed by atoms with E-state index in [0.29, 0.717) is 50.4 Å². The van der Waals surface area contributed by atoms with Crippen LogP contribution in [0.5, 0.6) is 0 Å². The molecule has 1 aliphatic carbocycles. The van der Waals surface area contributed by atoms with Crippen molar-refractivity contribution >= 4 is 43.9 Å². The number of thiazole rings is 1. The molecule has 0 saturated carbocycles. The molecular weight excluding hydrogens is 601 g/mol. The van der Waals surface area contributed by atoms with Crippen molar-refractivity contribution in [1.29, 1.82) is 0 Å². The Morgan fingerprint density at radius 2 is 1.84 bits per heavy atom. The summed E-state index contributed by atoms with van der Waals surface area (Å²) in [6, 6.07) is 10.2. The summed E-state index contributed by atoms with van der Waals surface area (Å²) in [7, 11) is -2.29. The molecule has 5 aromatic rings. The van der Waals surface area contributed by atoms with E-state index in [1.54, 1.807) is 12.1 Å². The van der Waals surface area contributed by atoms with Crippen molar-refractivity contribution in [3.63, 3.8) is 0 Å². The lowest BCUT2D eigenvalue weighted by molar-refractivity contribution is -0.0251. The fourth-order valence-corrected chi connectivity index (χ4v) is 6.87. The monoisotopic (exact) mass is 626 g/mol. The number of alkyl halides is 2. The average molecular weight is 627 g/mol. The number of rotatable bonds is 7. The second-order valence-corrected chi connectivity index (χ2v) is 13.2. The fourth-order valence-electron chi connectivity index (χ4n) is 5.08. The zero-order valence-electron chi connectivity index (χ0n) is 23.0. The van der Waals surface area contributed by atoms with Gasteiger partial charge in [0.05, 0.1) is 17.0 Å². The number of pyridine rings is 1. The Kier molecular flexibility index (Phi) is 7.25. The number of nitrogens with one attached hydrogen (secondary N) is 2. The molecule has 2 aromatic carbocycles. The third-order valence-corrected chi connectivity index (χ3v) is 9.72. The zero-order chi connectivity index (χ0) is 30.5. The van der Waals surface area contributed by atoms with Gasteiger partial charge in [0.1, 0.15) is 27.9 Å². The number of carbonyl (C=O) groups is 1. The van der Waals surface area contributed by atoms with Gasteiger partial charge in [-0.05, 0) is 56.2 Å². The van der Waals surface area contributed by atoms with Crippen molar-refractivity contribution in [3.8, 4) is 33.0 Å². The van der Waals surface area contributed by atoms with Crippen molar-refractivity contribution in [3.05, 3.63) is 76.8 Å². The van der Waals surface area contributed by atoms with Gasteiger partial charge in [-0.3, -0.25) is 14.5 Å². The van der Waals surface area contributed by atoms with E-state index in [9.17, 15) is 26.4 Å². The summed E-state index contributed by atoms with van der Waals surface area (Å²) in [4.78, 5) is 22.2. The van der Waals surface area contributed by atoms with Crippen LogP contribution in [0.3, 0.4) is 0 Å². The van der Waals surface area contributed by atoms with Gasteiger partial charge in [0.2, 0.25) is 10.0 Å². The van der Waals surface area contributed by atoms with E-state index in [-0.39, 0.29) is 40.5 Å². The van der Waals surface area contributed by atoms with Gasteiger partial charge in [0.25, 0.3) is 11.8 Å². The van der Waals surface area contributed by atoms with Gasteiger partial charge in [-0.1, -0.05) is 0 Å². The topological polar surface area (TPSA) is 114 Å². The van der Waals surface area contributed by atoms with Gasteiger partial charge < -0.3 is 9.73 Å². The number of sulfonamides is 1. The van der Waals surface area contributed by atoms with Gasteiger partial charge in [-0.2, -0.15) is 8.78 Å². The van der Waals surface area contributed by atoms with Crippen LogP contribution in [0.15, 0.2) is 59.3 Å². The molecule has 1 aliphatic rings. The lowest BCUT2D eigenvalue weighted by atomic mass is 9.98. The Balaban J connectivity index is 1.55. The smallest absolute Gasteiger partial charge is 0.290 e. The minimum absolute atomic E-state index is 0.168. The number of hydrogen-bond acceptors (Lipinski definition) is 7. The minimum Gasteiger partial charge on any atom is -0.455 e. The number of aryl methyl sites for hydroxylation is 1. The molecule has 0 saturated heterocycles. The SMILES string of the molecule is CCS(=O)(=O)Nc1cc2oc(-c3ccc(F)cc3)c(C(=O)NC)c2cc1-c1cncc(-c2nc3c(s2)CCCC3(F)F)c1. The molecule has 0 atom stereocenters. The van der Waals surface area contributed by atoms with E-state index < -0.39 is 27.7 Å². The summed E-state index contributed by atoms with van der Waals surface area (Å²) in [6.45, 7) is 1.49. The predicted octanol–water partition coefficient (Wildman–Crippen LogP) is 6.97. The molecule has 0 radical (unpaired) electrons. The Hall–Kier alpha value is -4.23. The number of furan rings is 1. The Bertz CT molecular complexity index is 1990. The Labute approximate surface area is 249 Å². The highest BCUT2D eigenvalue weighted by Gasteiger charge is 2.40. The highest BCUT2D eigenvalue weighted by atomic mass is 32.2. The highest BCUT2D eigenvalue weighted by Crippen LogP contribution is 2.45. The first-order valence-corrected chi connectivity index (χ1v) is 15.9. The van der Waals surface area contributed by atoms with Crippen LogP contribution in [0, 0.1) is 5.82 Å². The maximum absolute atomic E-state index is 14.5. The number of fused-ring (bicyclic) bond motifs is 2. The number of aromatic nitrogens is 2. The zero-order valence-corrected chi connectivity index (χ0v) is 24.6. The first-order chi connectivity index (χ1) is 20.5. The average Bonchev–Trinajstić information content (AvgIpc) is 3.59. The third-order valence-electron chi connectivity index (χ3n) is 7.27. The molecule has 8 nitrogen and oxygen atoms in total. The number of halogens is 3. The van der Waals surface area contributed by atoms with E-state index in [2.05, 4.69) is 20.0 Å². The number of anilines is 1. The van der Waals surface area contributed by atoms with Crippen LogP contribution >= 0.6 is 11.3 Å². The van der Waals surface area contributed by atoms with Crippen LogP contribution in [0.1, 0.15) is 40.7 Å². The summed E-state index contributed by atoms with van der Waals surface area (Å²) >= 11 is 1.19. The summed E-state index contributed by atoms with van der Waals surface area (Å²) in [5.74, 6) is -3.95. The largest absolute Gasteiger partial charge is 0.455 e. The molecule has 0 unspecified atom stereocenters. The maximum Gasteiger partial charge on any atom is 0.290 e. The van der Waals surface area contributed by atoms with Crippen molar-refractivity contribution in [2.45, 2.75) is 32.1 Å². The number of carbonyl (C=O) groups excluding carboxylic acids is 1. The van der Waals surface area contributed by atoms with Crippen LogP contribution in [0.25, 0.3) is 44.0 Å². The Morgan fingerprint density at radius 3 is 2.53 bits per heavy atom. The van der Waals surface area contributed by atoms with Gasteiger partial charge in [0, 0.05) is 64.4 Å². The quantitative estimate of drug-likeness (QED) is 0.202. The first kappa shape index (κ1) is 28.9. The molecule has 0 fully saturated rings. The maximum atomic E-state index is 14.5. The fraction of sp³-hybridized carbons (Fsp3) is 0.233. The molecule has 3 aromatic heterocycles. The normalized spacial score (nSPS) is 14.4. The Morgan fingerprint density at radius 1 is 1.09 bits per heavy atom. The van der Waals surface area contributed by atoms with Gasteiger partial charge in [-0.25, -0.2) is 17.8 Å². The van der Waals surface area contributed by atoms with E-state index in [1.807, 2.05) is 0 Å². The summed E-state index contributed by atoms with van der Waals surface area (Å²) in [5, 5.41) is 3.36. The molecule has 0 spiro atoms. The molecule has 3 heterocycles. The van der Waals surface area contributed by atoms with Crippen LogP contribution < -0.4 is 10.0 Å².